The van der Waals surface area contributed by atoms with Gasteiger partial charge in [-0.3, -0.25) is 0 Å². The molecule has 0 aliphatic carbocycles. The van der Waals surface area contributed by atoms with Crippen LogP contribution in [-0.2, 0) is 6.18 Å². The average Bonchev–Trinajstić information content (AvgIpc) is 2.37. The highest BCUT2D eigenvalue weighted by molar-refractivity contribution is 5.75. The van der Waals surface area contributed by atoms with Crippen LogP contribution in [0, 0.1) is 6.92 Å². The first-order chi connectivity index (χ1) is 9.30. The number of rotatable bonds is 2. The van der Waals surface area contributed by atoms with E-state index in [1.54, 1.807) is 11.9 Å². The van der Waals surface area contributed by atoms with Gasteiger partial charge in [-0.2, -0.15) is 13.2 Å². The maximum atomic E-state index is 12.7. The first-order valence-corrected chi connectivity index (χ1v) is 5.93. The van der Waals surface area contributed by atoms with Crippen molar-refractivity contribution in [2.75, 3.05) is 17.7 Å². The third-order valence-electron chi connectivity index (χ3n) is 3.04. The standard InChI is InChI=1S/C14H14F3N3/c1-9-5-3-4-6-11(9)20(2)12-7-13(14(15,16)17)19-8-10(12)18/h3-8H,18H2,1-2H3. The van der Waals surface area contributed by atoms with Crippen molar-refractivity contribution in [3.05, 3.63) is 47.8 Å². The monoisotopic (exact) mass is 281 g/mol. The van der Waals surface area contributed by atoms with Gasteiger partial charge in [-0.05, 0) is 24.6 Å². The van der Waals surface area contributed by atoms with Crippen LogP contribution in [0.4, 0.5) is 30.2 Å². The lowest BCUT2D eigenvalue weighted by atomic mass is 10.1. The zero-order chi connectivity index (χ0) is 14.9. The highest BCUT2D eigenvalue weighted by Gasteiger charge is 2.33. The minimum atomic E-state index is -4.49. The molecule has 0 amide bonds. The molecule has 2 aromatic rings. The third-order valence-corrected chi connectivity index (χ3v) is 3.04. The van der Waals surface area contributed by atoms with Crippen molar-refractivity contribution >= 4 is 17.1 Å². The number of hydrogen-bond acceptors (Lipinski definition) is 3. The van der Waals surface area contributed by atoms with Crippen molar-refractivity contribution in [3.8, 4) is 0 Å². The Morgan fingerprint density at radius 2 is 1.80 bits per heavy atom. The largest absolute Gasteiger partial charge is 0.433 e. The summed E-state index contributed by atoms with van der Waals surface area (Å²) < 4.78 is 38.2. The van der Waals surface area contributed by atoms with Crippen molar-refractivity contribution < 1.29 is 13.2 Å². The van der Waals surface area contributed by atoms with E-state index in [4.69, 9.17) is 5.73 Å². The molecule has 1 aromatic carbocycles. The van der Waals surface area contributed by atoms with Gasteiger partial charge in [0.15, 0.2) is 0 Å². The SMILES string of the molecule is Cc1ccccc1N(C)c1cc(C(F)(F)F)ncc1N. The van der Waals surface area contributed by atoms with Crippen LogP contribution in [0.3, 0.4) is 0 Å². The summed E-state index contributed by atoms with van der Waals surface area (Å²) in [5.74, 6) is 0. The zero-order valence-electron chi connectivity index (χ0n) is 11.1. The van der Waals surface area contributed by atoms with E-state index in [1.165, 1.54) is 0 Å². The second-order valence-corrected chi connectivity index (χ2v) is 4.47. The Morgan fingerprint density at radius 1 is 1.15 bits per heavy atom. The maximum Gasteiger partial charge on any atom is 0.433 e. The van der Waals surface area contributed by atoms with Crippen LogP contribution in [0.2, 0.25) is 0 Å². The van der Waals surface area contributed by atoms with E-state index >= 15 is 0 Å². The smallest absolute Gasteiger partial charge is 0.396 e. The van der Waals surface area contributed by atoms with Gasteiger partial charge in [-0.15, -0.1) is 0 Å². The summed E-state index contributed by atoms with van der Waals surface area (Å²) in [5, 5.41) is 0. The molecular formula is C14H14F3N3. The lowest BCUT2D eigenvalue weighted by Gasteiger charge is -2.23. The first kappa shape index (κ1) is 14.2. The third kappa shape index (κ3) is 2.68. The molecule has 0 bridgehead atoms. The second kappa shape index (κ2) is 5.03. The quantitative estimate of drug-likeness (QED) is 0.911. The topological polar surface area (TPSA) is 42.2 Å². The van der Waals surface area contributed by atoms with E-state index in [0.29, 0.717) is 0 Å². The average molecular weight is 281 g/mol. The lowest BCUT2D eigenvalue weighted by molar-refractivity contribution is -0.141. The Labute approximate surface area is 114 Å². The molecule has 0 unspecified atom stereocenters. The Morgan fingerprint density at radius 3 is 2.40 bits per heavy atom. The summed E-state index contributed by atoms with van der Waals surface area (Å²) in [6.07, 6.45) is -3.46. The van der Waals surface area contributed by atoms with Crippen molar-refractivity contribution in [2.24, 2.45) is 0 Å². The molecule has 3 nitrogen and oxygen atoms in total. The molecule has 0 saturated carbocycles. The van der Waals surface area contributed by atoms with Gasteiger partial charge in [-0.25, -0.2) is 4.98 Å². The molecule has 0 saturated heterocycles. The maximum absolute atomic E-state index is 12.7. The fourth-order valence-electron chi connectivity index (χ4n) is 1.97. The molecule has 2 rings (SSSR count). The van der Waals surface area contributed by atoms with Crippen LogP contribution >= 0.6 is 0 Å². The van der Waals surface area contributed by atoms with Gasteiger partial charge in [-0.1, -0.05) is 18.2 Å². The van der Waals surface area contributed by atoms with Gasteiger partial charge >= 0.3 is 6.18 Å². The minimum Gasteiger partial charge on any atom is -0.396 e. The number of halogens is 3. The molecule has 106 valence electrons. The van der Waals surface area contributed by atoms with Crippen molar-refractivity contribution in [1.29, 1.82) is 0 Å². The van der Waals surface area contributed by atoms with Gasteiger partial charge in [0, 0.05) is 12.7 Å². The van der Waals surface area contributed by atoms with E-state index in [2.05, 4.69) is 4.98 Å². The van der Waals surface area contributed by atoms with Crippen LogP contribution in [0.25, 0.3) is 0 Å². The van der Waals surface area contributed by atoms with Crippen molar-refractivity contribution in [1.82, 2.24) is 4.98 Å². The van der Waals surface area contributed by atoms with Crippen molar-refractivity contribution in [2.45, 2.75) is 13.1 Å². The van der Waals surface area contributed by atoms with Gasteiger partial charge in [0.05, 0.1) is 17.6 Å². The summed E-state index contributed by atoms with van der Waals surface area (Å²) in [4.78, 5) is 4.96. The molecule has 6 heteroatoms. The number of hydrogen-bond donors (Lipinski definition) is 1. The molecular weight excluding hydrogens is 267 g/mol. The highest BCUT2D eigenvalue weighted by Crippen LogP contribution is 2.35. The molecule has 0 radical (unpaired) electrons. The molecule has 1 aromatic heterocycles. The lowest BCUT2D eigenvalue weighted by Crippen LogP contribution is -2.16. The number of aromatic nitrogens is 1. The molecule has 0 atom stereocenters. The summed E-state index contributed by atoms with van der Waals surface area (Å²) in [5.41, 5.74) is 7.00. The summed E-state index contributed by atoms with van der Waals surface area (Å²) in [6.45, 7) is 1.88. The molecule has 20 heavy (non-hydrogen) atoms. The fraction of sp³-hybridized carbons (Fsp3) is 0.214. The Kier molecular flexibility index (Phi) is 3.57. The molecule has 0 aliphatic rings. The Bertz CT molecular complexity index is 623. The van der Waals surface area contributed by atoms with Gasteiger partial charge in [0.25, 0.3) is 0 Å². The number of aryl methyl sites for hydroxylation is 1. The molecule has 2 N–H and O–H groups in total. The van der Waals surface area contributed by atoms with E-state index in [-0.39, 0.29) is 11.4 Å². The number of pyridine rings is 1. The number of para-hydroxylation sites is 1. The predicted octanol–water partition coefficient (Wildman–Crippen LogP) is 3.76. The number of nitrogen functional groups attached to an aromatic ring is 1. The van der Waals surface area contributed by atoms with Crippen LogP contribution in [0.1, 0.15) is 11.3 Å². The van der Waals surface area contributed by atoms with Gasteiger partial charge < -0.3 is 10.6 Å². The number of alkyl halides is 3. The fourth-order valence-corrected chi connectivity index (χ4v) is 1.97. The van der Waals surface area contributed by atoms with Gasteiger partial charge in [0.2, 0.25) is 0 Å². The van der Waals surface area contributed by atoms with E-state index in [1.807, 2.05) is 31.2 Å². The Balaban J connectivity index is 2.50. The number of anilines is 3. The van der Waals surface area contributed by atoms with Crippen LogP contribution < -0.4 is 10.6 Å². The molecule has 1 heterocycles. The van der Waals surface area contributed by atoms with Crippen LogP contribution in [0.15, 0.2) is 36.5 Å². The molecule has 0 aliphatic heterocycles. The minimum absolute atomic E-state index is 0.198. The van der Waals surface area contributed by atoms with E-state index < -0.39 is 11.9 Å². The van der Waals surface area contributed by atoms with Crippen LogP contribution in [-0.4, -0.2) is 12.0 Å². The zero-order valence-corrected chi connectivity index (χ0v) is 11.1. The molecule has 0 fully saturated rings. The number of nitrogens with two attached hydrogens (primary N) is 1. The summed E-state index contributed by atoms with van der Waals surface area (Å²) >= 11 is 0. The first-order valence-electron chi connectivity index (χ1n) is 5.93. The van der Waals surface area contributed by atoms with Crippen molar-refractivity contribution in [3.63, 3.8) is 0 Å². The highest BCUT2D eigenvalue weighted by atomic mass is 19.4. The van der Waals surface area contributed by atoms with Crippen LogP contribution in [0.5, 0.6) is 0 Å². The van der Waals surface area contributed by atoms with Gasteiger partial charge in [0.1, 0.15) is 5.69 Å². The number of nitrogens with zero attached hydrogens (tertiary/aromatic N) is 2. The summed E-state index contributed by atoms with van der Waals surface area (Å²) in [7, 11) is 1.67. The number of benzene rings is 1. The van der Waals surface area contributed by atoms with E-state index in [0.717, 1.165) is 23.5 Å². The Hall–Kier alpha value is -2.24. The normalized spacial score (nSPS) is 11.4. The molecule has 0 spiro atoms. The summed E-state index contributed by atoms with van der Waals surface area (Å²) in [6, 6.07) is 8.35. The van der Waals surface area contributed by atoms with E-state index in [9.17, 15) is 13.2 Å². The second-order valence-electron chi connectivity index (χ2n) is 4.47. The predicted molar refractivity (Wildman–Crippen MR) is 72.9 cm³/mol.